The Hall–Kier alpha value is -0.780. The van der Waals surface area contributed by atoms with Crippen molar-refractivity contribution < 1.29 is 0 Å². The molecule has 0 aliphatic carbocycles. The normalized spacial score (nSPS) is 11.0. The maximum absolute atomic E-state index is 3.62. The van der Waals surface area contributed by atoms with Gasteiger partial charge in [0.2, 0.25) is 0 Å². The average Bonchev–Trinajstić information content (AvgIpc) is 2.20. The van der Waals surface area contributed by atoms with Crippen LogP contribution in [0.2, 0.25) is 0 Å². The van der Waals surface area contributed by atoms with Crippen LogP contribution in [-0.4, -0.2) is 0 Å². The lowest BCUT2D eigenvalue weighted by Crippen LogP contribution is -1.70. The van der Waals surface area contributed by atoms with Crippen LogP contribution in [-0.2, 0) is 0 Å². The summed E-state index contributed by atoms with van der Waals surface area (Å²) in [5.74, 6) is 0. The number of hydrogen-bond acceptors (Lipinski definition) is 0. The SMILES string of the molecule is C=C/C=C(\C=C/C)CC.CCCCC. The van der Waals surface area contributed by atoms with Crippen molar-refractivity contribution in [2.24, 2.45) is 0 Å². The fourth-order valence-corrected chi connectivity index (χ4v) is 1.01. The molecule has 0 aromatic carbocycles. The maximum Gasteiger partial charge on any atom is -0.0308 e. The standard InChI is InChI=1S/C9H14.C5H12/c1-4-7-9(6-3)8-5-2;1-3-5-4-2/h4-5,7-8H,1,6H2,2-3H3;3-5H2,1-2H3/b8-5-,9-7-;. The zero-order chi connectivity index (χ0) is 11.2. The van der Waals surface area contributed by atoms with Crippen molar-refractivity contribution in [3.8, 4) is 0 Å². The summed E-state index contributed by atoms with van der Waals surface area (Å²) in [6.45, 7) is 12.2. The Morgan fingerprint density at radius 1 is 1.14 bits per heavy atom. The summed E-state index contributed by atoms with van der Waals surface area (Å²) >= 11 is 0. The molecule has 0 aromatic rings. The zero-order valence-electron chi connectivity index (χ0n) is 10.3. The van der Waals surface area contributed by atoms with E-state index in [9.17, 15) is 0 Å². The Morgan fingerprint density at radius 2 is 1.71 bits per heavy atom. The van der Waals surface area contributed by atoms with Gasteiger partial charge in [-0.2, -0.15) is 0 Å². The summed E-state index contributed by atoms with van der Waals surface area (Å²) in [5.41, 5.74) is 1.33. The van der Waals surface area contributed by atoms with Crippen LogP contribution in [0.4, 0.5) is 0 Å². The molecule has 0 N–H and O–H groups in total. The molecule has 0 unspecified atom stereocenters. The first kappa shape index (κ1) is 15.7. The van der Waals surface area contributed by atoms with E-state index in [4.69, 9.17) is 0 Å². The van der Waals surface area contributed by atoms with E-state index in [0.29, 0.717) is 0 Å². The second-order valence-electron chi connectivity index (χ2n) is 3.18. The number of allylic oxidation sites excluding steroid dienone is 5. The van der Waals surface area contributed by atoms with E-state index in [-0.39, 0.29) is 0 Å². The molecule has 0 aliphatic heterocycles. The van der Waals surface area contributed by atoms with Crippen LogP contribution in [0.1, 0.15) is 53.4 Å². The molecule has 82 valence electrons. The topological polar surface area (TPSA) is 0 Å². The van der Waals surface area contributed by atoms with Crippen LogP contribution in [0.25, 0.3) is 0 Å². The molecule has 0 saturated carbocycles. The van der Waals surface area contributed by atoms with Crippen molar-refractivity contribution in [1.82, 2.24) is 0 Å². The predicted molar refractivity (Wildman–Crippen MR) is 68.6 cm³/mol. The van der Waals surface area contributed by atoms with Gasteiger partial charge in [0, 0.05) is 0 Å². The Labute approximate surface area is 90.4 Å². The Balaban J connectivity index is 0. The second-order valence-corrected chi connectivity index (χ2v) is 3.18. The van der Waals surface area contributed by atoms with Gasteiger partial charge in [0.05, 0.1) is 0 Å². The smallest absolute Gasteiger partial charge is 0.0308 e. The van der Waals surface area contributed by atoms with Crippen molar-refractivity contribution in [3.05, 3.63) is 36.5 Å². The molecule has 0 rings (SSSR count). The molecule has 0 atom stereocenters. The molecule has 0 aromatic heterocycles. The van der Waals surface area contributed by atoms with Crippen LogP contribution in [0, 0.1) is 0 Å². The fraction of sp³-hybridized carbons (Fsp3) is 0.571. The first-order valence-corrected chi connectivity index (χ1v) is 5.70. The van der Waals surface area contributed by atoms with E-state index in [1.807, 2.05) is 25.2 Å². The summed E-state index contributed by atoms with van der Waals surface area (Å²) in [6, 6.07) is 0. The van der Waals surface area contributed by atoms with Gasteiger partial charge in [-0.15, -0.1) is 0 Å². The lowest BCUT2D eigenvalue weighted by atomic mass is 10.2. The van der Waals surface area contributed by atoms with E-state index in [1.165, 1.54) is 24.8 Å². The first-order valence-electron chi connectivity index (χ1n) is 5.70. The lowest BCUT2D eigenvalue weighted by molar-refractivity contribution is 0.772. The number of unbranched alkanes of at least 4 members (excludes halogenated alkanes) is 2. The third-order valence-corrected chi connectivity index (χ3v) is 1.83. The highest BCUT2D eigenvalue weighted by atomic mass is 13.9. The van der Waals surface area contributed by atoms with E-state index < -0.39 is 0 Å². The molecule has 0 fully saturated rings. The minimum absolute atomic E-state index is 1.08. The molecular formula is C14H26. The van der Waals surface area contributed by atoms with E-state index in [2.05, 4.69) is 33.4 Å². The fourth-order valence-electron chi connectivity index (χ4n) is 1.01. The maximum atomic E-state index is 3.62. The Morgan fingerprint density at radius 3 is 1.93 bits per heavy atom. The van der Waals surface area contributed by atoms with Gasteiger partial charge in [-0.3, -0.25) is 0 Å². The lowest BCUT2D eigenvalue weighted by Gasteiger charge is -1.90. The van der Waals surface area contributed by atoms with Gasteiger partial charge in [-0.1, -0.05) is 70.9 Å². The minimum Gasteiger partial charge on any atom is -0.0991 e. The highest BCUT2D eigenvalue weighted by Crippen LogP contribution is 2.01. The predicted octanol–water partition coefficient (Wildman–Crippen LogP) is 5.28. The third kappa shape index (κ3) is 13.8. The zero-order valence-corrected chi connectivity index (χ0v) is 10.3. The molecule has 0 nitrogen and oxygen atoms in total. The molecule has 0 saturated heterocycles. The largest absolute Gasteiger partial charge is 0.0991 e. The number of hydrogen-bond donors (Lipinski definition) is 0. The van der Waals surface area contributed by atoms with Crippen molar-refractivity contribution in [3.63, 3.8) is 0 Å². The number of rotatable bonds is 5. The third-order valence-electron chi connectivity index (χ3n) is 1.83. The Kier molecular flexibility index (Phi) is 16.5. The summed E-state index contributed by atoms with van der Waals surface area (Å²) < 4.78 is 0. The molecule has 0 spiro atoms. The highest BCUT2D eigenvalue weighted by Gasteiger charge is 1.80. The molecule has 0 radical (unpaired) electrons. The molecule has 0 heteroatoms. The monoisotopic (exact) mass is 194 g/mol. The van der Waals surface area contributed by atoms with Gasteiger partial charge in [0.25, 0.3) is 0 Å². The van der Waals surface area contributed by atoms with Crippen LogP contribution in [0.5, 0.6) is 0 Å². The van der Waals surface area contributed by atoms with Crippen LogP contribution < -0.4 is 0 Å². The molecule has 14 heavy (non-hydrogen) atoms. The van der Waals surface area contributed by atoms with E-state index in [0.717, 1.165) is 6.42 Å². The summed E-state index contributed by atoms with van der Waals surface area (Å²) in [6.07, 6.45) is 13.1. The van der Waals surface area contributed by atoms with Gasteiger partial charge in [-0.05, 0) is 18.9 Å². The van der Waals surface area contributed by atoms with Crippen molar-refractivity contribution in [2.45, 2.75) is 53.4 Å². The van der Waals surface area contributed by atoms with Crippen LogP contribution in [0.3, 0.4) is 0 Å². The minimum atomic E-state index is 1.08. The van der Waals surface area contributed by atoms with E-state index >= 15 is 0 Å². The highest BCUT2D eigenvalue weighted by molar-refractivity contribution is 5.21. The first-order chi connectivity index (χ1) is 6.76. The van der Waals surface area contributed by atoms with Crippen molar-refractivity contribution in [1.29, 1.82) is 0 Å². The van der Waals surface area contributed by atoms with Gasteiger partial charge in [0.1, 0.15) is 0 Å². The molecule has 0 amide bonds. The van der Waals surface area contributed by atoms with E-state index in [1.54, 1.807) is 0 Å². The van der Waals surface area contributed by atoms with Crippen molar-refractivity contribution in [2.75, 3.05) is 0 Å². The molecule has 0 aliphatic rings. The summed E-state index contributed by atoms with van der Waals surface area (Å²) in [4.78, 5) is 0. The molecular weight excluding hydrogens is 168 g/mol. The molecule has 0 bridgehead atoms. The summed E-state index contributed by atoms with van der Waals surface area (Å²) in [5, 5.41) is 0. The van der Waals surface area contributed by atoms with Crippen LogP contribution >= 0.6 is 0 Å². The summed E-state index contributed by atoms with van der Waals surface area (Å²) in [7, 11) is 0. The molecule has 0 heterocycles. The van der Waals surface area contributed by atoms with Crippen LogP contribution in [0.15, 0.2) is 36.5 Å². The average molecular weight is 194 g/mol. The Bertz CT molecular complexity index is 159. The van der Waals surface area contributed by atoms with Crippen molar-refractivity contribution >= 4 is 0 Å². The second kappa shape index (κ2) is 14.7. The van der Waals surface area contributed by atoms with Gasteiger partial charge < -0.3 is 0 Å². The van der Waals surface area contributed by atoms with Gasteiger partial charge in [0.15, 0.2) is 0 Å². The quantitative estimate of drug-likeness (QED) is 0.522. The van der Waals surface area contributed by atoms with Gasteiger partial charge >= 0.3 is 0 Å². The van der Waals surface area contributed by atoms with Gasteiger partial charge in [-0.25, -0.2) is 0 Å².